The Morgan fingerprint density at radius 2 is 1.77 bits per heavy atom. The van der Waals surface area contributed by atoms with Gasteiger partial charge >= 0.3 is 5.97 Å². The number of carboxylic acids is 1. The van der Waals surface area contributed by atoms with Crippen molar-refractivity contribution in [1.29, 1.82) is 0 Å². The van der Waals surface area contributed by atoms with E-state index in [0.29, 0.717) is 63.5 Å². The van der Waals surface area contributed by atoms with Gasteiger partial charge in [0.15, 0.2) is 5.82 Å². The van der Waals surface area contributed by atoms with E-state index in [1.807, 2.05) is 0 Å². The first-order chi connectivity index (χ1) is 18.7. The van der Waals surface area contributed by atoms with Crippen molar-refractivity contribution in [2.45, 2.75) is 53.2 Å². The molecule has 0 aromatic heterocycles. The van der Waals surface area contributed by atoms with Gasteiger partial charge in [0.1, 0.15) is 34.8 Å². The highest BCUT2D eigenvalue weighted by Gasteiger charge is 2.34. The van der Waals surface area contributed by atoms with Crippen molar-refractivity contribution in [3.05, 3.63) is 64.2 Å². The molecule has 0 bridgehead atoms. The Morgan fingerprint density at radius 3 is 2.40 bits per heavy atom. The van der Waals surface area contributed by atoms with Crippen molar-refractivity contribution in [2.75, 3.05) is 29.0 Å². The molecule has 214 valence electrons. The second-order valence-electron chi connectivity index (χ2n) is 10.9. The molecule has 2 aliphatic rings. The van der Waals surface area contributed by atoms with Crippen molar-refractivity contribution in [3.8, 4) is 28.0 Å². The van der Waals surface area contributed by atoms with Gasteiger partial charge in [-0.1, -0.05) is 12.1 Å². The minimum Gasteiger partial charge on any atom is -0.489 e. The lowest BCUT2D eigenvalue weighted by Gasteiger charge is -2.35. The molecule has 0 aliphatic carbocycles. The quantitative estimate of drug-likeness (QED) is 0.369. The molecular formula is C30H34F2N2O5S. The molecule has 1 unspecified atom stereocenters. The van der Waals surface area contributed by atoms with Crippen LogP contribution in [-0.2, 0) is 28.7 Å². The number of carboxylic acid groups (broad SMARTS) is 1. The molecule has 3 N–H and O–H groups in total. The maximum absolute atomic E-state index is 15.9. The topological polar surface area (TPSA) is 99.1 Å². The third-order valence-electron chi connectivity index (χ3n) is 6.68. The van der Waals surface area contributed by atoms with Crippen molar-refractivity contribution in [2.24, 2.45) is 0 Å². The highest BCUT2D eigenvalue weighted by molar-refractivity contribution is 7.85. The van der Waals surface area contributed by atoms with Crippen LogP contribution >= 0.6 is 0 Å². The third kappa shape index (κ3) is 5.69. The summed E-state index contributed by atoms with van der Waals surface area (Å²) >= 11 is 0. The lowest BCUT2D eigenvalue weighted by atomic mass is 9.80. The molecule has 0 radical (unpaired) electrons. The maximum atomic E-state index is 15.9. The molecule has 0 amide bonds. The number of aliphatic carboxylic acids is 1. The molecule has 0 spiro atoms. The van der Waals surface area contributed by atoms with Crippen LogP contribution in [-0.4, -0.2) is 45.4 Å². The number of ether oxygens (including phenoxy) is 1. The minimum absolute atomic E-state index is 0.203. The molecule has 3 aromatic carbocycles. The van der Waals surface area contributed by atoms with Gasteiger partial charge in [0, 0.05) is 29.5 Å². The summed E-state index contributed by atoms with van der Waals surface area (Å²) in [5.41, 5.74) is 3.83. The Hall–Kier alpha value is -3.50. The number of hydrogen-bond donors (Lipinski definition) is 3. The van der Waals surface area contributed by atoms with Gasteiger partial charge in [-0.2, -0.15) is 0 Å². The summed E-state index contributed by atoms with van der Waals surface area (Å²) in [6.45, 7) is 9.75. The van der Waals surface area contributed by atoms with Crippen LogP contribution in [0.1, 0.15) is 43.0 Å². The standard InChI is InChI=1S/C26H24F2N2O4S.C4H10O/c1-13-17(11-20(31)32)21(16-7-8-19-25(24(16)28)29-9-10-34-19)14(2)22-23-15(5-4-6-18(23)27)12-30(26(13)22)35(3)33;1-4(2,3)5/h4-8,29H,9-12H2,1-3H3,(H,31,32);5H,1-3H3. The van der Waals surface area contributed by atoms with Crippen LogP contribution < -0.4 is 14.4 Å². The minimum atomic E-state index is -1.46. The van der Waals surface area contributed by atoms with E-state index in [2.05, 4.69) is 5.32 Å². The van der Waals surface area contributed by atoms with E-state index in [1.165, 1.54) is 12.3 Å². The number of halogens is 2. The first-order valence-corrected chi connectivity index (χ1v) is 14.4. The van der Waals surface area contributed by atoms with E-state index in [4.69, 9.17) is 9.84 Å². The molecule has 0 saturated carbocycles. The van der Waals surface area contributed by atoms with E-state index in [0.717, 1.165) is 0 Å². The third-order valence-corrected chi connectivity index (χ3v) is 7.61. The van der Waals surface area contributed by atoms with E-state index in [-0.39, 0.29) is 24.2 Å². The molecule has 2 aliphatic heterocycles. The number of aliphatic hydroxyl groups is 1. The normalized spacial score (nSPS) is 14.5. The molecule has 3 aromatic rings. The van der Waals surface area contributed by atoms with Gasteiger partial charge in [-0.15, -0.1) is 0 Å². The van der Waals surface area contributed by atoms with E-state index in [1.54, 1.807) is 63.2 Å². The summed E-state index contributed by atoms with van der Waals surface area (Å²) in [5, 5.41) is 21.3. The van der Waals surface area contributed by atoms with E-state index >= 15 is 8.78 Å². The average molecular weight is 573 g/mol. The molecular weight excluding hydrogens is 538 g/mol. The van der Waals surface area contributed by atoms with E-state index < -0.39 is 34.2 Å². The first kappa shape index (κ1) is 29.5. The predicted molar refractivity (Wildman–Crippen MR) is 154 cm³/mol. The molecule has 10 heteroatoms. The van der Waals surface area contributed by atoms with Crippen LogP contribution in [0.15, 0.2) is 30.3 Å². The molecule has 2 heterocycles. The summed E-state index contributed by atoms with van der Waals surface area (Å²) < 4.78 is 51.1. The number of nitrogens with zero attached hydrogens (tertiary/aromatic N) is 1. The smallest absolute Gasteiger partial charge is 0.307 e. The lowest BCUT2D eigenvalue weighted by molar-refractivity contribution is -0.136. The zero-order valence-corrected chi connectivity index (χ0v) is 24.3. The second kappa shape index (κ2) is 11.2. The molecule has 1 atom stereocenters. The predicted octanol–water partition coefficient (Wildman–Crippen LogP) is 5.74. The lowest BCUT2D eigenvalue weighted by Crippen LogP contribution is -2.30. The summed E-state index contributed by atoms with van der Waals surface area (Å²) in [7, 11) is -1.46. The largest absolute Gasteiger partial charge is 0.489 e. The van der Waals surface area contributed by atoms with Gasteiger partial charge < -0.3 is 20.3 Å². The number of nitrogens with one attached hydrogen (secondary N) is 1. The number of anilines is 2. The number of benzene rings is 3. The Kier molecular flexibility index (Phi) is 8.23. The second-order valence-corrected chi connectivity index (χ2v) is 12.2. The Bertz CT molecular complexity index is 1510. The first-order valence-electron chi connectivity index (χ1n) is 12.9. The summed E-state index contributed by atoms with van der Waals surface area (Å²) in [5.74, 6) is -1.70. The SMILES string of the molecule is CC(C)(C)O.Cc1c(-c2ccc3c(c2F)NCCO3)c(CC(=O)O)c(C)c2c1-c1c(F)cccc1CN2S(C)=O. The van der Waals surface area contributed by atoms with Crippen LogP contribution in [0.3, 0.4) is 0 Å². The molecule has 7 nitrogen and oxygen atoms in total. The molecule has 0 saturated heterocycles. The van der Waals surface area contributed by atoms with Crippen LogP contribution in [0, 0.1) is 25.5 Å². The van der Waals surface area contributed by atoms with Crippen molar-refractivity contribution in [1.82, 2.24) is 0 Å². The van der Waals surface area contributed by atoms with Crippen LogP contribution in [0.4, 0.5) is 20.2 Å². The number of fused-ring (bicyclic) bond motifs is 4. The molecule has 40 heavy (non-hydrogen) atoms. The van der Waals surface area contributed by atoms with Gasteiger partial charge in [0.25, 0.3) is 0 Å². The van der Waals surface area contributed by atoms with Crippen molar-refractivity contribution in [3.63, 3.8) is 0 Å². The van der Waals surface area contributed by atoms with Gasteiger partial charge in [-0.3, -0.25) is 9.10 Å². The Morgan fingerprint density at radius 1 is 1.10 bits per heavy atom. The van der Waals surface area contributed by atoms with Gasteiger partial charge in [-0.05, 0) is 80.6 Å². The molecule has 5 rings (SSSR count). The fourth-order valence-electron chi connectivity index (χ4n) is 5.21. The van der Waals surface area contributed by atoms with Crippen LogP contribution in [0.25, 0.3) is 22.3 Å². The van der Waals surface area contributed by atoms with Gasteiger partial charge in [0.2, 0.25) is 0 Å². The molecule has 0 fully saturated rings. The highest BCUT2D eigenvalue weighted by atomic mass is 32.2. The summed E-state index contributed by atoms with van der Waals surface area (Å²) in [6, 6.07) is 7.97. The van der Waals surface area contributed by atoms with Crippen LogP contribution in [0.5, 0.6) is 5.75 Å². The fourth-order valence-corrected chi connectivity index (χ4v) is 6.01. The Balaban J connectivity index is 0.000000681. The Labute approximate surface area is 235 Å². The fraction of sp³-hybridized carbons (Fsp3) is 0.367. The van der Waals surface area contributed by atoms with Crippen LogP contribution in [0.2, 0.25) is 0 Å². The number of carbonyl (C=O) groups is 1. The monoisotopic (exact) mass is 572 g/mol. The van der Waals surface area contributed by atoms with Crippen molar-refractivity contribution >= 4 is 28.3 Å². The zero-order valence-electron chi connectivity index (χ0n) is 23.4. The van der Waals surface area contributed by atoms with Gasteiger partial charge in [0.05, 0.1) is 24.3 Å². The summed E-state index contributed by atoms with van der Waals surface area (Å²) in [4.78, 5) is 11.9. The average Bonchev–Trinajstić information content (AvgIpc) is 2.86. The maximum Gasteiger partial charge on any atom is 0.307 e. The van der Waals surface area contributed by atoms with E-state index in [9.17, 15) is 14.1 Å². The zero-order chi connectivity index (χ0) is 29.5. The van der Waals surface area contributed by atoms with Crippen molar-refractivity contribution < 1.29 is 32.7 Å². The highest BCUT2D eigenvalue weighted by Crippen LogP contribution is 2.51. The summed E-state index contributed by atoms with van der Waals surface area (Å²) in [6.07, 6.45) is 1.16. The number of hydrogen-bond acceptors (Lipinski definition) is 5. The van der Waals surface area contributed by atoms with Gasteiger partial charge in [-0.25, -0.2) is 13.0 Å². The number of rotatable bonds is 4.